The van der Waals surface area contributed by atoms with Crippen LogP contribution in [0.4, 0.5) is 5.69 Å². The number of nitrogens with two attached hydrogens (primary N) is 1. The minimum atomic E-state index is 0.294. The number of aromatic nitrogens is 2. The fourth-order valence-corrected chi connectivity index (χ4v) is 3.29. The maximum Gasteiger partial charge on any atom is 0.193 e. The first-order valence-electron chi connectivity index (χ1n) is 8.68. The number of anilines is 1. The molecular formula is C19H20ClN5O2. The summed E-state index contributed by atoms with van der Waals surface area (Å²) in [7, 11) is 1.92. The highest BCUT2D eigenvalue weighted by molar-refractivity contribution is 6.35. The van der Waals surface area contributed by atoms with Crippen molar-refractivity contribution in [3.63, 3.8) is 0 Å². The summed E-state index contributed by atoms with van der Waals surface area (Å²) in [4.78, 5) is 8.96. The lowest BCUT2D eigenvalue weighted by atomic mass is 10.3. The number of rotatable bonds is 3. The molecule has 0 radical (unpaired) electrons. The van der Waals surface area contributed by atoms with E-state index in [9.17, 15) is 0 Å². The van der Waals surface area contributed by atoms with Crippen molar-refractivity contribution in [1.82, 2.24) is 9.55 Å². The van der Waals surface area contributed by atoms with Crippen LogP contribution in [0.3, 0.4) is 0 Å². The second-order valence-electron chi connectivity index (χ2n) is 6.23. The molecule has 0 fully saturated rings. The van der Waals surface area contributed by atoms with Crippen LogP contribution in [0.5, 0.6) is 11.5 Å². The zero-order chi connectivity index (χ0) is 18.8. The largest absolute Gasteiger partial charge is 0.490 e. The molecule has 27 heavy (non-hydrogen) atoms. The zero-order valence-electron chi connectivity index (χ0n) is 14.9. The molecule has 7 nitrogen and oxygen atoms in total. The van der Waals surface area contributed by atoms with Gasteiger partial charge in [-0.25, -0.2) is 9.98 Å². The molecule has 0 aliphatic carbocycles. The number of halogens is 1. The van der Waals surface area contributed by atoms with E-state index in [1.165, 1.54) is 0 Å². The Balaban J connectivity index is 1.50. The highest BCUT2D eigenvalue weighted by atomic mass is 35.5. The first kappa shape index (κ1) is 17.5. The van der Waals surface area contributed by atoms with Gasteiger partial charge in [0, 0.05) is 25.2 Å². The molecule has 1 aromatic heterocycles. The van der Waals surface area contributed by atoms with Crippen molar-refractivity contribution in [2.75, 3.05) is 18.5 Å². The van der Waals surface area contributed by atoms with Crippen LogP contribution in [0.2, 0.25) is 5.02 Å². The summed E-state index contributed by atoms with van der Waals surface area (Å²) >= 11 is 6.26. The van der Waals surface area contributed by atoms with Gasteiger partial charge in [-0.3, -0.25) is 0 Å². The maximum atomic E-state index is 6.26. The van der Waals surface area contributed by atoms with Crippen molar-refractivity contribution >= 4 is 34.3 Å². The van der Waals surface area contributed by atoms with E-state index in [1.54, 1.807) is 0 Å². The number of aliphatic imine (C=N–C) groups is 1. The lowest BCUT2D eigenvalue weighted by Gasteiger charge is -2.10. The first-order valence-corrected chi connectivity index (χ1v) is 9.06. The monoisotopic (exact) mass is 385 g/mol. The Hall–Kier alpha value is -2.93. The number of imidazole rings is 1. The summed E-state index contributed by atoms with van der Waals surface area (Å²) in [6, 6.07) is 11.3. The molecule has 1 aliphatic heterocycles. The Morgan fingerprint density at radius 2 is 2.07 bits per heavy atom. The molecule has 0 unspecified atom stereocenters. The Morgan fingerprint density at radius 3 is 2.89 bits per heavy atom. The molecule has 0 spiro atoms. The number of nitrogens with one attached hydrogen (secondary N) is 1. The second kappa shape index (κ2) is 7.36. The van der Waals surface area contributed by atoms with E-state index in [0.717, 1.165) is 34.7 Å². The van der Waals surface area contributed by atoms with Gasteiger partial charge in [-0.05, 0) is 24.3 Å². The van der Waals surface area contributed by atoms with Crippen LogP contribution in [0, 0.1) is 0 Å². The van der Waals surface area contributed by atoms with Crippen molar-refractivity contribution in [2.45, 2.75) is 13.0 Å². The lowest BCUT2D eigenvalue weighted by molar-refractivity contribution is 0.297. The summed E-state index contributed by atoms with van der Waals surface area (Å²) in [5.41, 5.74) is 8.55. The van der Waals surface area contributed by atoms with Gasteiger partial charge in [-0.15, -0.1) is 0 Å². The van der Waals surface area contributed by atoms with Gasteiger partial charge in [0.2, 0.25) is 0 Å². The molecule has 4 rings (SSSR count). The van der Waals surface area contributed by atoms with E-state index < -0.39 is 0 Å². The Morgan fingerprint density at radius 1 is 1.26 bits per heavy atom. The fraction of sp³-hybridized carbons (Fsp3) is 0.263. The van der Waals surface area contributed by atoms with Gasteiger partial charge in [0.05, 0.1) is 29.3 Å². The number of aryl methyl sites for hydroxylation is 1. The number of hydrogen-bond acceptors (Lipinski definition) is 4. The number of guanidine groups is 1. The molecule has 0 atom stereocenters. The average molecular weight is 386 g/mol. The molecule has 3 aromatic rings. The molecular weight excluding hydrogens is 366 g/mol. The molecule has 140 valence electrons. The van der Waals surface area contributed by atoms with Gasteiger partial charge in [-0.1, -0.05) is 17.7 Å². The minimum Gasteiger partial charge on any atom is -0.490 e. The van der Waals surface area contributed by atoms with Crippen LogP contribution in [0.1, 0.15) is 12.2 Å². The second-order valence-corrected chi connectivity index (χ2v) is 6.64. The van der Waals surface area contributed by atoms with Crippen molar-refractivity contribution in [1.29, 1.82) is 0 Å². The van der Waals surface area contributed by atoms with E-state index in [0.29, 0.717) is 36.5 Å². The summed E-state index contributed by atoms with van der Waals surface area (Å²) in [6.45, 7) is 1.63. The standard InChI is InChI=1S/C19H20ClN5O2/c1-25-17(24-14-5-2-4-13(20)18(14)25)11-22-19(21)23-12-6-7-15-16(10-12)27-9-3-8-26-15/h2,4-7,10H,3,8-9,11H2,1H3,(H3,21,22,23). The Bertz CT molecular complexity index is 1010. The molecule has 2 aromatic carbocycles. The number of benzene rings is 2. The highest BCUT2D eigenvalue weighted by Crippen LogP contribution is 2.32. The van der Waals surface area contributed by atoms with E-state index in [4.69, 9.17) is 26.8 Å². The van der Waals surface area contributed by atoms with Crippen LogP contribution >= 0.6 is 11.6 Å². The third-order valence-corrected chi connectivity index (χ3v) is 4.65. The maximum absolute atomic E-state index is 6.26. The van der Waals surface area contributed by atoms with Gasteiger partial charge < -0.3 is 25.1 Å². The molecule has 0 amide bonds. The van der Waals surface area contributed by atoms with Gasteiger partial charge >= 0.3 is 0 Å². The van der Waals surface area contributed by atoms with E-state index in [1.807, 2.05) is 48.0 Å². The first-order chi connectivity index (χ1) is 13.1. The summed E-state index contributed by atoms with van der Waals surface area (Å²) in [5, 5.41) is 3.74. The third-order valence-electron chi connectivity index (χ3n) is 4.35. The molecule has 1 aliphatic rings. The van der Waals surface area contributed by atoms with Gasteiger partial charge in [0.1, 0.15) is 12.4 Å². The number of hydrogen-bond donors (Lipinski definition) is 2. The molecule has 8 heteroatoms. The minimum absolute atomic E-state index is 0.294. The van der Waals surface area contributed by atoms with Crippen LogP contribution in [-0.4, -0.2) is 28.7 Å². The summed E-state index contributed by atoms with van der Waals surface area (Å²) in [5.74, 6) is 2.52. The van der Waals surface area contributed by atoms with E-state index in [2.05, 4.69) is 15.3 Å². The van der Waals surface area contributed by atoms with Crippen molar-refractivity contribution in [3.8, 4) is 11.5 Å². The van der Waals surface area contributed by atoms with Gasteiger partial charge in [-0.2, -0.15) is 0 Å². The van der Waals surface area contributed by atoms with Gasteiger partial charge in [0.15, 0.2) is 17.5 Å². The molecule has 0 saturated carbocycles. The Labute approximate surface area is 161 Å². The Kier molecular flexibility index (Phi) is 4.77. The summed E-state index contributed by atoms with van der Waals surface area (Å²) in [6.07, 6.45) is 0.864. The van der Waals surface area contributed by atoms with E-state index in [-0.39, 0.29) is 0 Å². The van der Waals surface area contributed by atoms with E-state index >= 15 is 0 Å². The third kappa shape index (κ3) is 3.64. The number of nitrogens with zero attached hydrogens (tertiary/aromatic N) is 3. The quantitative estimate of drug-likeness (QED) is 0.533. The topological polar surface area (TPSA) is 86.7 Å². The molecule has 0 bridgehead atoms. The zero-order valence-corrected chi connectivity index (χ0v) is 15.7. The predicted octanol–water partition coefficient (Wildman–Crippen LogP) is 3.31. The van der Waals surface area contributed by atoms with Crippen LogP contribution in [0.15, 0.2) is 41.4 Å². The lowest BCUT2D eigenvalue weighted by Crippen LogP contribution is -2.22. The summed E-state index contributed by atoms with van der Waals surface area (Å²) < 4.78 is 13.3. The van der Waals surface area contributed by atoms with Crippen molar-refractivity contribution in [3.05, 3.63) is 47.2 Å². The fourth-order valence-electron chi connectivity index (χ4n) is 3.00. The highest BCUT2D eigenvalue weighted by Gasteiger charge is 2.12. The van der Waals surface area contributed by atoms with Crippen molar-refractivity contribution in [2.24, 2.45) is 17.8 Å². The smallest absolute Gasteiger partial charge is 0.193 e. The van der Waals surface area contributed by atoms with Crippen molar-refractivity contribution < 1.29 is 9.47 Å². The number of fused-ring (bicyclic) bond motifs is 2. The molecule has 2 heterocycles. The normalized spacial score (nSPS) is 14.2. The number of para-hydroxylation sites is 1. The molecule has 0 saturated heterocycles. The van der Waals surface area contributed by atoms with Crippen LogP contribution < -0.4 is 20.5 Å². The van der Waals surface area contributed by atoms with Crippen LogP contribution in [0.25, 0.3) is 11.0 Å². The predicted molar refractivity (Wildman–Crippen MR) is 107 cm³/mol. The van der Waals surface area contributed by atoms with Gasteiger partial charge in [0.25, 0.3) is 0 Å². The molecule has 3 N–H and O–H groups in total. The number of ether oxygens (including phenoxy) is 2. The SMILES string of the molecule is Cn1c(CN=C(N)Nc2ccc3c(c2)OCCCO3)nc2cccc(Cl)c21. The average Bonchev–Trinajstić information content (AvgIpc) is 2.82. The van der Waals surface area contributed by atoms with Crippen LogP contribution in [-0.2, 0) is 13.6 Å².